The van der Waals surface area contributed by atoms with Crippen molar-refractivity contribution in [3.8, 4) is 5.75 Å². The van der Waals surface area contributed by atoms with Gasteiger partial charge in [0.05, 0.1) is 0 Å². The van der Waals surface area contributed by atoms with Gasteiger partial charge in [-0.1, -0.05) is 22.0 Å². The maximum atomic E-state index is 11.9. The molecule has 1 amide bonds. The number of anilines is 1. The van der Waals surface area contributed by atoms with Crippen LogP contribution in [0.2, 0.25) is 0 Å². The molecule has 3 nitrogen and oxygen atoms in total. The Hall–Kier alpha value is -1.08. The minimum absolute atomic E-state index is 0.0120. The molecule has 0 aliphatic heterocycles. The van der Waals surface area contributed by atoms with Gasteiger partial charge in [-0.15, -0.1) is 0 Å². The number of rotatable bonds is 4. The highest BCUT2D eigenvalue weighted by atomic mass is 127. The lowest BCUT2D eigenvalue weighted by Crippen LogP contribution is -2.20. The summed E-state index contributed by atoms with van der Waals surface area (Å²) in [5.41, 5.74) is 1.85. The number of nitrogens with one attached hydrogen (secondary N) is 1. The normalized spacial score (nSPS) is 10.2. The summed E-state index contributed by atoms with van der Waals surface area (Å²) < 4.78 is 7.50. The van der Waals surface area contributed by atoms with Gasteiger partial charge in [0.25, 0.3) is 5.91 Å². The summed E-state index contributed by atoms with van der Waals surface area (Å²) in [4.78, 5) is 11.9. The fourth-order valence-corrected chi connectivity index (χ4v) is 2.68. The number of halogens is 2. The predicted octanol–water partition coefficient (Wildman–Crippen LogP) is 4.38. The molecule has 1 N–H and O–H groups in total. The molecule has 0 spiro atoms. The van der Waals surface area contributed by atoms with Crippen LogP contribution in [0.3, 0.4) is 0 Å². The quantitative estimate of drug-likeness (QED) is 0.709. The van der Waals surface area contributed by atoms with Crippen LogP contribution in [0.5, 0.6) is 5.75 Å². The number of benzene rings is 2. The Morgan fingerprint density at radius 2 is 2.10 bits per heavy atom. The van der Waals surface area contributed by atoms with E-state index in [-0.39, 0.29) is 12.5 Å². The van der Waals surface area contributed by atoms with Crippen LogP contribution < -0.4 is 10.1 Å². The molecule has 0 radical (unpaired) electrons. The third kappa shape index (κ3) is 4.49. The van der Waals surface area contributed by atoms with Gasteiger partial charge in [0.15, 0.2) is 6.61 Å². The largest absolute Gasteiger partial charge is 0.484 e. The van der Waals surface area contributed by atoms with Gasteiger partial charge in [0, 0.05) is 13.7 Å². The third-order valence-corrected chi connectivity index (χ3v) is 3.79. The van der Waals surface area contributed by atoms with E-state index in [1.807, 2.05) is 49.4 Å². The summed E-state index contributed by atoms with van der Waals surface area (Å²) in [6.07, 6.45) is 0. The maximum absolute atomic E-state index is 11.9. The molecule has 0 atom stereocenters. The molecule has 0 saturated carbocycles. The Morgan fingerprint density at radius 3 is 2.80 bits per heavy atom. The van der Waals surface area contributed by atoms with Crippen LogP contribution in [-0.4, -0.2) is 12.5 Å². The fourth-order valence-electron chi connectivity index (χ4n) is 1.66. The average Bonchev–Trinajstić information content (AvgIpc) is 2.40. The van der Waals surface area contributed by atoms with Gasteiger partial charge < -0.3 is 10.1 Å². The van der Waals surface area contributed by atoms with Gasteiger partial charge in [0.1, 0.15) is 5.75 Å². The van der Waals surface area contributed by atoms with Gasteiger partial charge in [0.2, 0.25) is 0 Å². The van der Waals surface area contributed by atoms with Crippen LogP contribution in [0.1, 0.15) is 5.56 Å². The van der Waals surface area contributed by atoms with Crippen LogP contribution in [-0.2, 0) is 4.79 Å². The number of carbonyl (C=O) groups is 1. The van der Waals surface area contributed by atoms with Crippen molar-refractivity contribution in [2.75, 3.05) is 11.9 Å². The second-order valence-electron chi connectivity index (χ2n) is 4.25. The van der Waals surface area contributed by atoms with Crippen molar-refractivity contribution in [3.05, 3.63) is 56.1 Å². The van der Waals surface area contributed by atoms with E-state index in [0.29, 0.717) is 5.75 Å². The summed E-state index contributed by atoms with van der Waals surface area (Å²) >= 11 is 5.60. The zero-order valence-corrected chi connectivity index (χ0v) is 14.6. The minimum atomic E-state index is -0.172. The monoisotopic (exact) mass is 445 g/mol. The molecule has 5 heteroatoms. The topological polar surface area (TPSA) is 38.3 Å². The molecule has 0 aromatic heterocycles. The molecule has 0 aliphatic rings. The minimum Gasteiger partial charge on any atom is -0.484 e. The fraction of sp³-hybridized carbons (Fsp3) is 0.133. The second kappa shape index (κ2) is 7.08. The van der Waals surface area contributed by atoms with Crippen molar-refractivity contribution >= 4 is 50.1 Å². The zero-order chi connectivity index (χ0) is 14.5. The smallest absolute Gasteiger partial charge is 0.262 e. The Bertz CT molecular complexity index is 631. The molecule has 0 unspecified atom stereocenters. The van der Waals surface area contributed by atoms with Crippen molar-refractivity contribution in [3.63, 3.8) is 0 Å². The van der Waals surface area contributed by atoms with Crippen LogP contribution in [0, 0.1) is 10.5 Å². The zero-order valence-electron chi connectivity index (χ0n) is 10.8. The van der Waals surface area contributed by atoms with E-state index in [0.717, 1.165) is 19.3 Å². The number of carbonyl (C=O) groups excluding carboxylic acids is 1. The van der Waals surface area contributed by atoms with E-state index in [9.17, 15) is 4.79 Å². The van der Waals surface area contributed by atoms with Crippen LogP contribution in [0.4, 0.5) is 5.69 Å². The highest BCUT2D eigenvalue weighted by molar-refractivity contribution is 14.1. The summed E-state index contributed by atoms with van der Waals surface area (Å²) in [5, 5.41) is 2.84. The van der Waals surface area contributed by atoms with Crippen molar-refractivity contribution in [1.82, 2.24) is 0 Å². The Morgan fingerprint density at radius 1 is 1.30 bits per heavy atom. The summed E-state index contributed by atoms with van der Waals surface area (Å²) in [6.45, 7) is 1.95. The molecular weight excluding hydrogens is 433 g/mol. The summed E-state index contributed by atoms with van der Waals surface area (Å²) in [5.74, 6) is 0.489. The SMILES string of the molecule is Cc1cc(I)ccc1NC(=O)COc1cccc(Br)c1. The van der Waals surface area contributed by atoms with E-state index < -0.39 is 0 Å². The second-order valence-corrected chi connectivity index (χ2v) is 6.41. The number of amides is 1. The van der Waals surface area contributed by atoms with Crippen molar-refractivity contribution in [1.29, 1.82) is 0 Å². The highest BCUT2D eigenvalue weighted by Crippen LogP contribution is 2.19. The molecular formula is C15H13BrINO2. The van der Waals surface area contributed by atoms with Gasteiger partial charge >= 0.3 is 0 Å². The molecule has 2 aromatic rings. The van der Waals surface area contributed by atoms with Gasteiger partial charge in [-0.25, -0.2) is 0 Å². The lowest BCUT2D eigenvalue weighted by molar-refractivity contribution is -0.118. The van der Waals surface area contributed by atoms with E-state index >= 15 is 0 Å². The van der Waals surface area contributed by atoms with Crippen molar-refractivity contribution in [2.45, 2.75) is 6.92 Å². The van der Waals surface area contributed by atoms with E-state index in [1.165, 1.54) is 0 Å². The summed E-state index contributed by atoms with van der Waals surface area (Å²) in [6, 6.07) is 13.3. The Kier molecular flexibility index (Phi) is 5.42. The molecule has 0 saturated heterocycles. The highest BCUT2D eigenvalue weighted by Gasteiger charge is 2.06. The number of aryl methyl sites for hydroxylation is 1. The lowest BCUT2D eigenvalue weighted by atomic mass is 10.2. The predicted molar refractivity (Wildman–Crippen MR) is 92.2 cm³/mol. The molecule has 2 rings (SSSR count). The maximum Gasteiger partial charge on any atom is 0.262 e. The summed E-state index contributed by atoms with van der Waals surface area (Å²) in [7, 11) is 0. The molecule has 20 heavy (non-hydrogen) atoms. The Labute approximate surface area is 140 Å². The number of hydrogen-bond donors (Lipinski definition) is 1. The average molecular weight is 446 g/mol. The Balaban J connectivity index is 1.92. The molecule has 104 valence electrons. The standard InChI is InChI=1S/C15H13BrINO2/c1-10-7-12(17)5-6-14(10)18-15(19)9-20-13-4-2-3-11(16)8-13/h2-8H,9H2,1H3,(H,18,19). The van der Waals surface area contributed by atoms with Crippen LogP contribution in [0.25, 0.3) is 0 Å². The number of hydrogen-bond acceptors (Lipinski definition) is 2. The van der Waals surface area contributed by atoms with E-state index in [1.54, 1.807) is 0 Å². The van der Waals surface area contributed by atoms with Gasteiger partial charge in [-0.3, -0.25) is 4.79 Å². The van der Waals surface area contributed by atoms with Gasteiger partial charge in [-0.2, -0.15) is 0 Å². The van der Waals surface area contributed by atoms with E-state index in [2.05, 4.69) is 43.8 Å². The first-order chi connectivity index (χ1) is 9.54. The van der Waals surface area contributed by atoms with E-state index in [4.69, 9.17) is 4.74 Å². The first-order valence-electron chi connectivity index (χ1n) is 5.99. The molecule has 0 bridgehead atoms. The first-order valence-corrected chi connectivity index (χ1v) is 7.86. The molecule has 0 fully saturated rings. The van der Waals surface area contributed by atoms with Crippen LogP contribution in [0.15, 0.2) is 46.9 Å². The molecule has 0 heterocycles. The van der Waals surface area contributed by atoms with Crippen LogP contribution >= 0.6 is 38.5 Å². The van der Waals surface area contributed by atoms with Gasteiger partial charge in [-0.05, 0) is 71.5 Å². The van der Waals surface area contributed by atoms with Crippen molar-refractivity contribution in [2.24, 2.45) is 0 Å². The lowest BCUT2D eigenvalue weighted by Gasteiger charge is -2.10. The first kappa shape index (κ1) is 15.3. The van der Waals surface area contributed by atoms with Crippen molar-refractivity contribution < 1.29 is 9.53 Å². The number of ether oxygens (including phenoxy) is 1. The third-order valence-electron chi connectivity index (χ3n) is 2.63. The molecule has 2 aromatic carbocycles. The molecule has 0 aliphatic carbocycles.